The molecule has 0 spiro atoms. The van der Waals surface area contributed by atoms with E-state index < -0.39 is 0 Å². The highest BCUT2D eigenvalue weighted by molar-refractivity contribution is 5.93. The first-order valence-corrected chi connectivity index (χ1v) is 9.64. The molecular weight excluding hydrogens is 328 g/mol. The van der Waals surface area contributed by atoms with Gasteiger partial charge in [0.05, 0.1) is 11.4 Å². The largest absolute Gasteiger partial charge is 0.349 e. The van der Waals surface area contributed by atoms with Gasteiger partial charge in [0.1, 0.15) is 5.69 Å². The van der Waals surface area contributed by atoms with Gasteiger partial charge in [-0.3, -0.25) is 14.6 Å². The number of nitrogens with one attached hydrogen (secondary N) is 3. The predicted molar refractivity (Wildman–Crippen MR) is 102 cm³/mol. The van der Waals surface area contributed by atoms with Gasteiger partial charge in [-0.05, 0) is 32.8 Å². The van der Waals surface area contributed by atoms with Crippen molar-refractivity contribution in [2.24, 2.45) is 7.05 Å². The van der Waals surface area contributed by atoms with Gasteiger partial charge in [0.15, 0.2) is 0 Å². The van der Waals surface area contributed by atoms with Gasteiger partial charge < -0.3 is 10.6 Å². The van der Waals surface area contributed by atoms with Crippen molar-refractivity contribution < 1.29 is 4.79 Å². The van der Waals surface area contributed by atoms with Gasteiger partial charge in [-0.25, -0.2) is 0 Å². The molecule has 0 bridgehead atoms. The van der Waals surface area contributed by atoms with E-state index in [-0.39, 0.29) is 5.91 Å². The monoisotopic (exact) mass is 358 g/mol. The maximum atomic E-state index is 12.3. The molecule has 3 N–H and O–H groups in total. The average molecular weight is 358 g/mol. The maximum absolute atomic E-state index is 12.3. The third kappa shape index (κ3) is 4.33. The van der Waals surface area contributed by atoms with Crippen molar-refractivity contribution in [3.63, 3.8) is 0 Å². The van der Waals surface area contributed by atoms with Gasteiger partial charge in [0.25, 0.3) is 5.91 Å². The lowest BCUT2D eigenvalue weighted by atomic mass is 10.1. The molecule has 0 unspecified atom stereocenters. The van der Waals surface area contributed by atoms with Crippen molar-refractivity contribution in [2.75, 3.05) is 13.1 Å². The normalized spacial score (nSPS) is 15.8. The number of H-pyrrole nitrogens is 1. The SMILES string of the molecule is Cc1nn(C)c(C)c1-c1cc(C(=O)NCCNC2CCCCCC2)[nH]n1. The highest BCUT2D eigenvalue weighted by atomic mass is 16.1. The Morgan fingerprint density at radius 1 is 1.23 bits per heavy atom. The fraction of sp³-hybridized carbons (Fsp3) is 0.632. The number of aryl methyl sites for hydroxylation is 2. The zero-order valence-corrected chi connectivity index (χ0v) is 16.1. The summed E-state index contributed by atoms with van der Waals surface area (Å²) in [6.07, 6.45) is 7.84. The Morgan fingerprint density at radius 2 is 1.96 bits per heavy atom. The van der Waals surface area contributed by atoms with Crippen molar-refractivity contribution >= 4 is 5.91 Å². The Bertz CT molecular complexity index is 739. The topological polar surface area (TPSA) is 87.6 Å². The van der Waals surface area contributed by atoms with Crippen LogP contribution in [0.5, 0.6) is 0 Å². The number of hydrogen-bond donors (Lipinski definition) is 3. The van der Waals surface area contributed by atoms with Gasteiger partial charge in [-0.15, -0.1) is 0 Å². The second kappa shape index (κ2) is 8.49. The summed E-state index contributed by atoms with van der Waals surface area (Å²) in [6.45, 7) is 5.38. The summed E-state index contributed by atoms with van der Waals surface area (Å²) in [5, 5.41) is 18.1. The Balaban J connectivity index is 1.50. The zero-order chi connectivity index (χ0) is 18.5. The van der Waals surface area contributed by atoms with E-state index in [0.29, 0.717) is 18.3 Å². The molecule has 1 aliphatic rings. The second-order valence-corrected chi connectivity index (χ2v) is 7.23. The molecule has 26 heavy (non-hydrogen) atoms. The van der Waals surface area contributed by atoms with Crippen molar-refractivity contribution in [3.8, 4) is 11.3 Å². The van der Waals surface area contributed by atoms with Crippen molar-refractivity contribution in [1.29, 1.82) is 0 Å². The average Bonchev–Trinajstić information content (AvgIpc) is 3.07. The first kappa shape index (κ1) is 18.6. The van der Waals surface area contributed by atoms with Crippen molar-refractivity contribution in [3.05, 3.63) is 23.1 Å². The molecule has 0 aliphatic heterocycles. The summed E-state index contributed by atoms with van der Waals surface area (Å²) >= 11 is 0. The standard InChI is InChI=1S/C19H30N6O/c1-13-18(14(2)25(3)24-13)16-12-17(23-22-16)19(26)21-11-10-20-15-8-6-4-5-7-9-15/h12,15,20H,4-11H2,1-3H3,(H,21,26)(H,22,23). The van der Waals surface area contributed by atoms with E-state index in [4.69, 9.17) is 0 Å². The Hall–Kier alpha value is -2.15. The van der Waals surface area contributed by atoms with E-state index in [0.717, 1.165) is 29.2 Å². The van der Waals surface area contributed by atoms with Crippen LogP contribution in [0.3, 0.4) is 0 Å². The highest BCUT2D eigenvalue weighted by Crippen LogP contribution is 2.25. The maximum Gasteiger partial charge on any atom is 0.269 e. The minimum absolute atomic E-state index is 0.120. The molecule has 7 heteroatoms. The van der Waals surface area contributed by atoms with Gasteiger partial charge in [0, 0.05) is 37.4 Å². The molecule has 0 radical (unpaired) electrons. The van der Waals surface area contributed by atoms with Crippen LogP contribution in [-0.4, -0.2) is 45.0 Å². The molecule has 142 valence electrons. The van der Waals surface area contributed by atoms with Gasteiger partial charge in [0.2, 0.25) is 0 Å². The van der Waals surface area contributed by atoms with Crippen LogP contribution in [0.15, 0.2) is 6.07 Å². The quantitative estimate of drug-likeness (QED) is 0.547. The van der Waals surface area contributed by atoms with E-state index in [9.17, 15) is 4.79 Å². The Kier molecular flexibility index (Phi) is 6.08. The van der Waals surface area contributed by atoms with Crippen LogP contribution < -0.4 is 10.6 Å². The molecule has 1 fully saturated rings. The molecule has 2 aromatic rings. The fourth-order valence-corrected chi connectivity index (χ4v) is 3.74. The lowest BCUT2D eigenvalue weighted by Gasteiger charge is -2.16. The third-order valence-corrected chi connectivity index (χ3v) is 5.29. The van der Waals surface area contributed by atoms with Crippen LogP contribution in [0.25, 0.3) is 11.3 Å². The van der Waals surface area contributed by atoms with Crippen molar-refractivity contribution in [2.45, 2.75) is 58.4 Å². The molecule has 3 rings (SSSR count). The summed E-state index contributed by atoms with van der Waals surface area (Å²) in [5.41, 5.74) is 4.18. The van der Waals surface area contributed by atoms with Crippen LogP contribution in [0, 0.1) is 13.8 Å². The molecule has 2 aromatic heterocycles. The number of amides is 1. The smallest absolute Gasteiger partial charge is 0.269 e. The zero-order valence-electron chi connectivity index (χ0n) is 16.1. The number of rotatable bonds is 6. The van der Waals surface area contributed by atoms with E-state index >= 15 is 0 Å². The second-order valence-electron chi connectivity index (χ2n) is 7.23. The third-order valence-electron chi connectivity index (χ3n) is 5.29. The van der Waals surface area contributed by atoms with Crippen LogP contribution in [0.1, 0.15) is 60.4 Å². The van der Waals surface area contributed by atoms with E-state index in [2.05, 4.69) is 25.9 Å². The number of aromatic nitrogens is 4. The van der Waals surface area contributed by atoms with Crippen molar-refractivity contribution in [1.82, 2.24) is 30.6 Å². The molecule has 1 aliphatic carbocycles. The highest BCUT2D eigenvalue weighted by Gasteiger charge is 2.17. The molecule has 0 aromatic carbocycles. The van der Waals surface area contributed by atoms with E-state index in [1.54, 1.807) is 6.07 Å². The summed E-state index contributed by atoms with van der Waals surface area (Å²) in [4.78, 5) is 12.3. The molecule has 0 atom stereocenters. The van der Waals surface area contributed by atoms with Gasteiger partial charge in [-0.1, -0.05) is 25.7 Å². The molecule has 2 heterocycles. The molecule has 7 nitrogen and oxygen atoms in total. The minimum atomic E-state index is -0.120. The lowest BCUT2D eigenvalue weighted by Crippen LogP contribution is -2.37. The van der Waals surface area contributed by atoms with Crippen LogP contribution >= 0.6 is 0 Å². The number of carbonyl (C=O) groups excluding carboxylic acids is 1. The Morgan fingerprint density at radius 3 is 2.62 bits per heavy atom. The van der Waals surface area contributed by atoms with Crippen LogP contribution in [0.4, 0.5) is 0 Å². The fourth-order valence-electron chi connectivity index (χ4n) is 3.74. The number of carbonyl (C=O) groups is 1. The Labute approximate surface area is 154 Å². The molecular formula is C19H30N6O. The number of nitrogens with zero attached hydrogens (tertiary/aromatic N) is 3. The van der Waals surface area contributed by atoms with Gasteiger partial charge in [-0.2, -0.15) is 10.2 Å². The minimum Gasteiger partial charge on any atom is -0.349 e. The molecule has 1 saturated carbocycles. The molecule has 0 saturated heterocycles. The molecule has 1 amide bonds. The van der Waals surface area contributed by atoms with E-state index in [1.807, 2.05) is 25.6 Å². The summed E-state index contributed by atoms with van der Waals surface area (Å²) in [5.74, 6) is -0.120. The first-order chi connectivity index (χ1) is 12.6. The predicted octanol–water partition coefficient (Wildman–Crippen LogP) is 2.47. The van der Waals surface area contributed by atoms with Crippen LogP contribution in [0.2, 0.25) is 0 Å². The lowest BCUT2D eigenvalue weighted by molar-refractivity contribution is 0.0948. The van der Waals surface area contributed by atoms with E-state index in [1.165, 1.54) is 38.5 Å². The summed E-state index contributed by atoms with van der Waals surface area (Å²) < 4.78 is 1.83. The van der Waals surface area contributed by atoms with Gasteiger partial charge >= 0.3 is 0 Å². The summed E-state index contributed by atoms with van der Waals surface area (Å²) in [7, 11) is 1.91. The van der Waals surface area contributed by atoms with Crippen LogP contribution in [-0.2, 0) is 7.05 Å². The number of hydrogen-bond acceptors (Lipinski definition) is 4. The first-order valence-electron chi connectivity index (χ1n) is 9.64. The number of aromatic amines is 1. The summed E-state index contributed by atoms with van der Waals surface area (Å²) in [6, 6.07) is 2.40.